The van der Waals surface area contributed by atoms with Crippen LogP contribution >= 0.6 is 0 Å². The highest BCUT2D eigenvalue weighted by molar-refractivity contribution is 5.71. The Morgan fingerprint density at radius 1 is 1.48 bits per heavy atom. The van der Waals surface area contributed by atoms with Crippen molar-refractivity contribution in [1.29, 1.82) is 0 Å². The van der Waals surface area contributed by atoms with E-state index in [0.29, 0.717) is 5.92 Å². The Labute approximate surface area is 128 Å². The molecular formula is C17H30O4. The van der Waals surface area contributed by atoms with Crippen LogP contribution in [0.25, 0.3) is 0 Å². The molecule has 0 saturated carbocycles. The van der Waals surface area contributed by atoms with Crippen molar-refractivity contribution in [2.45, 2.75) is 71.7 Å². The third kappa shape index (κ3) is 4.82. The molecule has 0 spiro atoms. The van der Waals surface area contributed by atoms with Gasteiger partial charge in [-0.2, -0.15) is 0 Å². The van der Waals surface area contributed by atoms with Gasteiger partial charge in [-0.3, -0.25) is 4.79 Å². The molecule has 21 heavy (non-hydrogen) atoms. The number of carbonyl (C=O) groups is 1. The zero-order chi connectivity index (χ0) is 16.2. The summed E-state index contributed by atoms with van der Waals surface area (Å²) in [6.07, 6.45) is 4.35. The predicted molar refractivity (Wildman–Crippen MR) is 82.9 cm³/mol. The van der Waals surface area contributed by atoms with Crippen molar-refractivity contribution < 1.29 is 19.4 Å². The van der Waals surface area contributed by atoms with E-state index in [-0.39, 0.29) is 18.0 Å². The molecule has 0 radical (unpaired) electrons. The van der Waals surface area contributed by atoms with E-state index in [4.69, 9.17) is 9.47 Å². The first kappa shape index (κ1) is 18.2. The lowest BCUT2D eigenvalue weighted by molar-refractivity contribution is -0.145. The van der Waals surface area contributed by atoms with E-state index in [0.717, 1.165) is 19.3 Å². The molecule has 1 rings (SSSR count). The summed E-state index contributed by atoms with van der Waals surface area (Å²) in [4.78, 5) is 11.5. The molecule has 0 aliphatic carbocycles. The van der Waals surface area contributed by atoms with Gasteiger partial charge in [0, 0.05) is 0 Å². The third-order valence-corrected chi connectivity index (χ3v) is 4.58. The highest BCUT2D eigenvalue weighted by Gasteiger charge is 2.40. The Hall–Kier alpha value is -0.870. The molecule has 1 fully saturated rings. The van der Waals surface area contributed by atoms with Crippen LogP contribution in [0.2, 0.25) is 0 Å². The average molecular weight is 298 g/mol. The van der Waals surface area contributed by atoms with Crippen molar-refractivity contribution in [2.24, 2.45) is 11.8 Å². The molecule has 1 aliphatic rings. The van der Waals surface area contributed by atoms with Crippen LogP contribution in [0.4, 0.5) is 0 Å². The van der Waals surface area contributed by atoms with Crippen LogP contribution in [0.1, 0.15) is 53.9 Å². The number of allylic oxidation sites excluding steroid dienone is 1. The van der Waals surface area contributed by atoms with Gasteiger partial charge in [-0.1, -0.05) is 19.9 Å². The number of carbonyl (C=O) groups excluding carboxylic acids is 1. The second kappa shape index (κ2) is 7.41. The molecule has 0 bridgehead atoms. The fourth-order valence-electron chi connectivity index (χ4n) is 2.97. The van der Waals surface area contributed by atoms with Crippen molar-refractivity contribution in [3.05, 3.63) is 11.6 Å². The average Bonchev–Trinajstić information content (AvgIpc) is 2.81. The van der Waals surface area contributed by atoms with Gasteiger partial charge in [0.25, 0.3) is 0 Å². The zero-order valence-electron chi connectivity index (χ0n) is 14.2. The Kier molecular flexibility index (Phi) is 6.41. The maximum Gasteiger partial charge on any atom is 0.308 e. The van der Waals surface area contributed by atoms with Gasteiger partial charge >= 0.3 is 5.97 Å². The molecule has 1 N–H and O–H groups in total. The van der Waals surface area contributed by atoms with Gasteiger partial charge in [0.15, 0.2) is 0 Å². The maximum absolute atomic E-state index is 11.5. The number of aliphatic hydroxyl groups is 1. The Morgan fingerprint density at radius 3 is 2.57 bits per heavy atom. The van der Waals surface area contributed by atoms with E-state index in [2.05, 4.69) is 19.9 Å². The maximum atomic E-state index is 11.5. The van der Waals surface area contributed by atoms with Gasteiger partial charge in [-0.05, 0) is 51.5 Å². The molecule has 1 aliphatic heterocycles. The fraction of sp³-hybridized carbons (Fsp3) is 0.824. The van der Waals surface area contributed by atoms with Crippen LogP contribution in [0, 0.1) is 11.8 Å². The van der Waals surface area contributed by atoms with Crippen molar-refractivity contribution in [2.75, 3.05) is 7.11 Å². The molecule has 4 heteroatoms. The molecule has 1 heterocycles. The number of rotatable bonds is 6. The van der Waals surface area contributed by atoms with Crippen LogP contribution < -0.4 is 0 Å². The number of hydrogen-bond donors (Lipinski definition) is 1. The van der Waals surface area contributed by atoms with E-state index in [1.165, 1.54) is 12.7 Å². The minimum absolute atomic E-state index is 0.0699. The van der Waals surface area contributed by atoms with Crippen molar-refractivity contribution in [1.82, 2.24) is 0 Å². The molecule has 4 nitrogen and oxygen atoms in total. The number of hydrogen-bond acceptors (Lipinski definition) is 4. The summed E-state index contributed by atoms with van der Waals surface area (Å²) < 4.78 is 10.8. The first-order valence-electron chi connectivity index (χ1n) is 7.81. The standard InChI is InChI=1S/C17H30O4/c1-11(10-13(3)16(19)20-6)9-12(2)15-7-8-17(5,21-15)14(4)18/h9,11,13-15,18H,7-8,10H2,1-6H3/b12-9+/t11?,13?,14?,15-,17-/m0/s1. The fourth-order valence-corrected chi connectivity index (χ4v) is 2.97. The number of esters is 1. The quantitative estimate of drug-likeness (QED) is 0.605. The molecule has 0 amide bonds. The summed E-state index contributed by atoms with van der Waals surface area (Å²) in [5, 5.41) is 9.80. The van der Waals surface area contributed by atoms with Crippen molar-refractivity contribution in [3.63, 3.8) is 0 Å². The van der Waals surface area contributed by atoms with Gasteiger partial charge in [0.1, 0.15) is 0 Å². The summed E-state index contributed by atoms with van der Waals surface area (Å²) in [6, 6.07) is 0. The van der Waals surface area contributed by atoms with Crippen LogP contribution in [0.3, 0.4) is 0 Å². The Balaban J connectivity index is 2.59. The largest absolute Gasteiger partial charge is 0.469 e. The lowest BCUT2D eigenvalue weighted by Crippen LogP contribution is -2.37. The SMILES string of the molecule is COC(=O)C(C)CC(C)/C=C(\C)[C@@H]1CC[C@@](C)(C(C)O)O1. The Morgan fingerprint density at radius 2 is 2.10 bits per heavy atom. The minimum atomic E-state index is -0.466. The topological polar surface area (TPSA) is 55.8 Å². The molecule has 1 saturated heterocycles. The van der Waals surface area contributed by atoms with Crippen LogP contribution in [-0.4, -0.2) is 36.0 Å². The monoisotopic (exact) mass is 298 g/mol. The second-order valence-corrected chi connectivity index (χ2v) is 6.68. The van der Waals surface area contributed by atoms with E-state index in [9.17, 15) is 9.90 Å². The normalized spacial score (nSPS) is 30.8. The molecule has 0 aromatic heterocycles. The smallest absolute Gasteiger partial charge is 0.308 e. The molecule has 122 valence electrons. The summed E-state index contributed by atoms with van der Waals surface area (Å²) in [7, 11) is 1.42. The lowest BCUT2D eigenvalue weighted by atomic mass is 9.93. The van der Waals surface area contributed by atoms with E-state index in [1.807, 2.05) is 13.8 Å². The van der Waals surface area contributed by atoms with E-state index >= 15 is 0 Å². The van der Waals surface area contributed by atoms with Crippen molar-refractivity contribution in [3.8, 4) is 0 Å². The van der Waals surface area contributed by atoms with Crippen LogP contribution in [0.5, 0.6) is 0 Å². The number of ether oxygens (including phenoxy) is 2. The van der Waals surface area contributed by atoms with E-state index in [1.54, 1.807) is 6.92 Å². The second-order valence-electron chi connectivity index (χ2n) is 6.68. The summed E-state index contributed by atoms with van der Waals surface area (Å²) >= 11 is 0. The van der Waals surface area contributed by atoms with Crippen LogP contribution in [0.15, 0.2) is 11.6 Å². The summed E-state index contributed by atoms with van der Waals surface area (Å²) in [5.41, 5.74) is 0.742. The zero-order valence-corrected chi connectivity index (χ0v) is 14.2. The highest BCUT2D eigenvalue weighted by Crippen LogP contribution is 2.36. The first-order valence-corrected chi connectivity index (χ1v) is 7.81. The van der Waals surface area contributed by atoms with Gasteiger partial charge < -0.3 is 14.6 Å². The number of aliphatic hydroxyl groups excluding tert-OH is 1. The van der Waals surface area contributed by atoms with Gasteiger partial charge in [0.05, 0.1) is 30.8 Å². The Bertz CT molecular complexity index is 388. The molecule has 5 atom stereocenters. The molecule has 3 unspecified atom stereocenters. The van der Waals surface area contributed by atoms with Gasteiger partial charge in [-0.25, -0.2) is 0 Å². The van der Waals surface area contributed by atoms with Crippen LogP contribution in [-0.2, 0) is 14.3 Å². The highest BCUT2D eigenvalue weighted by atomic mass is 16.5. The molecule has 0 aromatic carbocycles. The number of methoxy groups -OCH3 is 1. The van der Waals surface area contributed by atoms with Crippen molar-refractivity contribution >= 4 is 5.97 Å². The van der Waals surface area contributed by atoms with Gasteiger partial charge in [0.2, 0.25) is 0 Å². The first-order chi connectivity index (χ1) is 9.69. The molecule has 0 aromatic rings. The summed E-state index contributed by atoms with van der Waals surface area (Å²) in [5.74, 6) is 0.0362. The van der Waals surface area contributed by atoms with E-state index < -0.39 is 11.7 Å². The lowest BCUT2D eigenvalue weighted by Gasteiger charge is -2.28. The minimum Gasteiger partial charge on any atom is -0.469 e. The molecular weight excluding hydrogens is 268 g/mol. The third-order valence-electron chi connectivity index (χ3n) is 4.58. The predicted octanol–water partition coefficient (Wildman–Crippen LogP) is 3.09. The van der Waals surface area contributed by atoms with Gasteiger partial charge in [-0.15, -0.1) is 0 Å². The summed E-state index contributed by atoms with van der Waals surface area (Å²) in [6.45, 7) is 9.81.